The second kappa shape index (κ2) is 6.52. The molecule has 4 nitrogen and oxygen atoms in total. The van der Waals surface area contributed by atoms with E-state index in [0.717, 1.165) is 11.1 Å². The Morgan fingerprint density at radius 1 is 1.33 bits per heavy atom. The Labute approximate surface area is 114 Å². The molecule has 1 rings (SSSR count). The van der Waals surface area contributed by atoms with Gasteiger partial charge in [0.1, 0.15) is 0 Å². The van der Waals surface area contributed by atoms with E-state index in [9.17, 15) is 8.42 Å². The highest BCUT2D eigenvalue weighted by molar-refractivity contribution is 7.89. The van der Waals surface area contributed by atoms with E-state index in [-0.39, 0.29) is 5.75 Å². The van der Waals surface area contributed by atoms with E-state index in [2.05, 4.69) is 5.32 Å². The van der Waals surface area contributed by atoms with Crippen LogP contribution in [0.15, 0.2) is 18.2 Å². The van der Waals surface area contributed by atoms with Crippen molar-refractivity contribution in [3.8, 4) is 0 Å². The first-order valence-corrected chi connectivity index (χ1v) is 7.67. The molecule has 0 spiro atoms. The summed E-state index contributed by atoms with van der Waals surface area (Å²) in [5.41, 5.74) is 2.23. The van der Waals surface area contributed by atoms with E-state index in [0.29, 0.717) is 18.1 Å². The van der Waals surface area contributed by atoms with Crippen LogP contribution in [0.2, 0.25) is 5.02 Å². The first kappa shape index (κ1) is 15.4. The molecule has 1 aromatic rings. The van der Waals surface area contributed by atoms with Crippen LogP contribution in [-0.2, 0) is 16.6 Å². The van der Waals surface area contributed by atoms with Crippen molar-refractivity contribution in [2.24, 2.45) is 0 Å². The Kier molecular flexibility index (Phi) is 5.59. The molecule has 1 N–H and O–H groups in total. The minimum Gasteiger partial charge on any atom is -0.312 e. The van der Waals surface area contributed by atoms with Crippen molar-refractivity contribution >= 4 is 21.6 Å². The highest BCUT2D eigenvalue weighted by atomic mass is 35.5. The minimum absolute atomic E-state index is 0.104. The van der Waals surface area contributed by atoms with Crippen LogP contribution in [-0.4, -0.2) is 39.1 Å². The molecular formula is C12H19ClN2O2S. The Hall–Kier alpha value is -0.620. The number of sulfonamides is 1. The van der Waals surface area contributed by atoms with Crippen molar-refractivity contribution in [3.63, 3.8) is 0 Å². The van der Waals surface area contributed by atoms with Crippen molar-refractivity contribution in [2.75, 3.05) is 26.4 Å². The molecule has 0 amide bonds. The second-order valence-corrected chi connectivity index (χ2v) is 7.08. The van der Waals surface area contributed by atoms with Gasteiger partial charge in [-0.25, -0.2) is 12.7 Å². The summed E-state index contributed by atoms with van der Waals surface area (Å²) in [4.78, 5) is 0. The molecule has 0 aliphatic heterocycles. The Balaban J connectivity index is 2.43. The summed E-state index contributed by atoms with van der Waals surface area (Å²) in [7, 11) is -0.0390. The number of hydrogen-bond donors (Lipinski definition) is 1. The number of nitrogens with zero attached hydrogens (tertiary/aromatic N) is 1. The van der Waals surface area contributed by atoms with Crippen LogP contribution in [0.3, 0.4) is 0 Å². The fourth-order valence-electron chi connectivity index (χ4n) is 1.46. The quantitative estimate of drug-likeness (QED) is 0.810. The highest BCUT2D eigenvalue weighted by Crippen LogP contribution is 2.14. The van der Waals surface area contributed by atoms with Crippen molar-refractivity contribution in [1.82, 2.24) is 9.62 Å². The van der Waals surface area contributed by atoms with Gasteiger partial charge < -0.3 is 5.32 Å². The van der Waals surface area contributed by atoms with Crippen LogP contribution in [0.1, 0.15) is 11.1 Å². The lowest BCUT2D eigenvalue weighted by Crippen LogP contribution is -2.31. The van der Waals surface area contributed by atoms with E-state index in [4.69, 9.17) is 11.6 Å². The number of benzene rings is 1. The third kappa shape index (κ3) is 4.57. The van der Waals surface area contributed by atoms with Crippen LogP contribution in [0.4, 0.5) is 0 Å². The van der Waals surface area contributed by atoms with E-state index < -0.39 is 10.0 Å². The highest BCUT2D eigenvalue weighted by Gasteiger charge is 2.12. The number of hydrogen-bond acceptors (Lipinski definition) is 3. The van der Waals surface area contributed by atoms with Crippen LogP contribution in [0, 0.1) is 6.92 Å². The topological polar surface area (TPSA) is 49.4 Å². The summed E-state index contributed by atoms with van der Waals surface area (Å²) in [5.74, 6) is 0.104. The van der Waals surface area contributed by atoms with E-state index in [1.807, 2.05) is 25.1 Å². The largest absolute Gasteiger partial charge is 0.312 e. The van der Waals surface area contributed by atoms with Crippen LogP contribution >= 0.6 is 11.6 Å². The molecule has 0 unspecified atom stereocenters. The predicted molar refractivity (Wildman–Crippen MR) is 75.4 cm³/mol. The lowest BCUT2D eigenvalue weighted by atomic mass is 10.1. The molecule has 0 aromatic heterocycles. The van der Waals surface area contributed by atoms with Crippen molar-refractivity contribution in [2.45, 2.75) is 13.5 Å². The second-order valence-electron chi connectivity index (χ2n) is 4.35. The molecule has 0 aliphatic rings. The molecule has 0 heterocycles. The zero-order chi connectivity index (χ0) is 13.8. The maximum atomic E-state index is 11.5. The fraction of sp³-hybridized carbons (Fsp3) is 0.500. The number of halogens is 1. The monoisotopic (exact) mass is 290 g/mol. The SMILES string of the molecule is Cc1cc(Cl)ccc1CNCCS(=O)(=O)N(C)C. The van der Waals surface area contributed by atoms with Gasteiger partial charge in [-0.1, -0.05) is 17.7 Å². The van der Waals surface area contributed by atoms with Gasteiger partial charge in [0.15, 0.2) is 0 Å². The molecule has 0 saturated heterocycles. The van der Waals surface area contributed by atoms with Crippen molar-refractivity contribution in [1.29, 1.82) is 0 Å². The molecule has 18 heavy (non-hydrogen) atoms. The average Bonchev–Trinajstić information content (AvgIpc) is 2.26. The average molecular weight is 291 g/mol. The smallest absolute Gasteiger partial charge is 0.214 e. The van der Waals surface area contributed by atoms with Crippen molar-refractivity contribution < 1.29 is 8.42 Å². The molecule has 0 fully saturated rings. The molecule has 0 aliphatic carbocycles. The van der Waals surface area contributed by atoms with Gasteiger partial charge in [-0.15, -0.1) is 0 Å². The summed E-state index contributed by atoms with van der Waals surface area (Å²) in [6.45, 7) is 3.06. The molecule has 102 valence electrons. The number of rotatable bonds is 6. The van der Waals surface area contributed by atoms with Gasteiger partial charge in [-0.3, -0.25) is 0 Å². The molecule has 1 aromatic carbocycles. The Bertz CT molecular complexity index is 501. The third-order valence-electron chi connectivity index (χ3n) is 2.71. The normalized spacial score (nSPS) is 12.1. The zero-order valence-electron chi connectivity index (χ0n) is 10.9. The summed E-state index contributed by atoms with van der Waals surface area (Å²) in [5, 5.41) is 3.84. The lowest BCUT2D eigenvalue weighted by Gasteiger charge is -2.12. The number of nitrogens with one attached hydrogen (secondary N) is 1. The lowest BCUT2D eigenvalue weighted by molar-refractivity contribution is 0.517. The van der Waals surface area contributed by atoms with Gasteiger partial charge in [0, 0.05) is 32.2 Å². The minimum atomic E-state index is -3.12. The summed E-state index contributed by atoms with van der Waals surface area (Å²) in [6, 6.07) is 5.68. The van der Waals surface area contributed by atoms with Gasteiger partial charge in [-0.2, -0.15) is 0 Å². The third-order valence-corrected chi connectivity index (χ3v) is 4.78. The fourth-order valence-corrected chi connectivity index (χ4v) is 2.46. The molecule has 6 heteroatoms. The summed E-state index contributed by atoms with van der Waals surface area (Å²) >= 11 is 5.87. The molecule has 0 bridgehead atoms. The Morgan fingerprint density at radius 3 is 2.56 bits per heavy atom. The molecule has 0 atom stereocenters. The maximum absolute atomic E-state index is 11.5. The first-order chi connectivity index (χ1) is 8.33. The Morgan fingerprint density at radius 2 is 2.00 bits per heavy atom. The molecular weight excluding hydrogens is 272 g/mol. The van der Waals surface area contributed by atoms with E-state index in [1.165, 1.54) is 4.31 Å². The van der Waals surface area contributed by atoms with E-state index >= 15 is 0 Å². The summed E-state index contributed by atoms with van der Waals surface area (Å²) in [6.07, 6.45) is 0. The maximum Gasteiger partial charge on any atom is 0.214 e. The standard InChI is InChI=1S/C12H19ClN2O2S/c1-10-8-12(13)5-4-11(10)9-14-6-7-18(16,17)15(2)3/h4-5,8,14H,6-7,9H2,1-3H3. The van der Waals surface area contributed by atoms with Gasteiger partial charge >= 0.3 is 0 Å². The zero-order valence-corrected chi connectivity index (χ0v) is 12.5. The van der Waals surface area contributed by atoms with Gasteiger partial charge in [0.25, 0.3) is 0 Å². The van der Waals surface area contributed by atoms with Crippen LogP contribution in [0.5, 0.6) is 0 Å². The van der Waals surface area contributed by atoms with Crippen LogP contribution in [0.25, 0.3) is 0 Å². The first-order valence-electron chi connectivity index (χ1n) is 5.69. The van der Waals surface area contributed by atoms with Gasteiger partial charge in [0.2, 0.25) is 10.0 Å². The van der Waals surface area contributed by atoms with E-state index in [1.54, 1.807) is 14.1 Å². The summed E-state index contributed by atoms with van der Waals surface area (Å²) < 4.78 is 24.3. The van der Waals surface area contributed by atoms with Crippen LogP contribution < -0.4 is 5.32 Å². The molecule has 0 saturated carbocycles. The van der Waals surface area contributed by atoms with Crippen molar-refractivity contribution in [3.05, 3.63) is 34.3 Å². The predicted octanol–water partition coefficient (Wildman–Crippen LogP) is 1.63. The molecule has 0 radical (unpaired) electrons. The van der Waals surface area contributed by atoms with Gasteiger partial charge in [-0.05, 0) is 30.2 Å². The van der Waals surface area contributed by atoms with Gasteiger partial charge in [0.05, 0.1) is 5.75 Å². The number of aryl methyl sites for hydroxylation is 1.